The second-order valence-electron chi connectivity index (χ2n) is 4.65. The van der Waals surface area contributed by atoms with E-state index < -0.39 is 11.8 Å². The Bertz CT molecular complexity index is 718. The molecule has 0 saturated carbocycles. The average molecular weight is 313 g/mol. The van der Waals surface area contributed by atoms with Gasteiger partial charge < -0.3 is 5.32 Å². The smallest absolute Gasteiger partial charge is 0.289 e. The molecule has 0 saturated heterocycles. The molecular weight excluding hydrogens is 298 g/mol. The summed E-state index contributed by atoms with van der Waals surface area (Å²) in [7, 11) is 0. The van der Waals surface area contributed by atoms with Crippen molar-refractivity contribution in [1.29, 1.82) is 0 Å². The Morgan fingerprint density at radius 1 is 1.09 bits per heavy atom. The number of hydrogen-bond acceptors (Lipinski definition) is 5. The Morgan fingerprint density at radius 3 is 2.61 bits per heavy atom. The van der Waals surface area contributed by atoms with Gasteiger partial charge in [0.05, 0.1) is 12.7 Å². The second-order valence-corrected chi connectivity index (χ2v) is 4.65. The topological polar surface area (TPSA) is 113 Å². The third-order valence-electron chi connectivity index (χ3n) is 2.80. The van der Waals surface area contributed by atoms with Gasteiger partial charge in [0.1, 0.15) is 5.69 Å². The summed E-state index contributed by atoms with van der Waals surface area (Å²) in [5.41, 5.74) is 5.83. The van der Waals surface area contributed by atoms with Gasteiger partial charge in [0.25, 0.3) is 17.7 Å². The van der Waals surface area contributed by atoms with Crippen LogP contribution >= 0.6 is 0 Å². The summed E-state index contributed by atoms with van der Waals surface area (Å²) in [4.78, 5) is 42.6. The van der Waals surface area contributed by atoms with E-state index in [0.717, 1.165) is 5.56 Å². The summed E-state index contributed by atoms with van der Waals surface area (Å²) >= 11 is 0. The maximum atomic E-state index is 11.9. The van der Waals surface area contributed by atoms with Crippen LogP contribution in [0.25, 0.3) is 0 Å². The summed E-state index contributed by atoms with van der Waals surface area (Å²) in [6.45, 7) is 1.60. The predicted molar refractivity (Wildman–Crippen MR) is 81.2 cm³/mol. The summed E-state index contributed by atoms with van der Waals surface area (Å²) in [5, 5.41) is 2.46. The molecule has 2 aromatic rings. The molecule has 0 bridgehead atoms. The standard InChI is InChI=1S/C15H15N5O3/c1-10-3-2-4-11(7-10)14(22)18-9-13(21)19-20-15(23)12-8-16-5-6-17-12/h2-8H,9H2,1H3,(H,18,22)(H,19,21)(H,20,23). The zero-order valence-electron chi connectivity index (χ0n) is 12.4. The highest BCUT2D eigenvalue weighted by Crippen LogP contribution is 2.03. The summed E-state index contributed by atoms with van der Waals surface area (Å²) in [6, 6.07) is 6.98. The highest BCUT2D eigenvalue weighted by molar-refractivity contribution is 5.97. The molecule has 8 nitrogen and oxygen atoms in total. The molecule has 1 aromatic carbocycles. The normalized spacial score (nSPS) is 9.78. The maximum absolute atomic E-state index is 11.9. The molecule has 0 unspecified atom stereocenters. The molecule has 0 spiro atoms. The van der Waals surface area contributed by atoms with Crippen molar-refractivity contribution in [3.63, 3.8) is 0 Å². The number of carbonyl (C=O) groups excluding carboxylic acids is 3. The van der Waals surface area contributed by atoms with Crippen LogP contribution in [-0.4, -0.2) is 34.2 Å². The van der Waals surface area contributed by atoms with Crippen molar-refractivity contribution < 1.29 is 14.4 Å². The lowest BCUT2D eigenvalue weighted by atomic mass is 10.1. The average Bonchev–Trinajstić information content (AvgIpc) is 2.58. The molecule has 3 amide bonds. The van der Waals surface area contributed by atoms with Crippen LogP contribution in [0.15, 0.2) is 42.9 Å². The number of nitrogens with zero attached hydrogens (tertiary/aromatic N) is 2. The van der Waals surface area contributed by atoms with Crippen LogP contribution in [0.1, 0.15) is 26.4 Å². The molecule has 0 fully saturated rings. The molecule has 2 rings (SSSR count). The van der Waals surface area contributed by atoms with Gasteiger partial charge in [0, 0.05) is 18.0 Å². The number of nitrogens with one attached hydrogen (secondary N) is 3. The molecule has 23 heavy (non-hydrogen) atoms. The van der Waals surface area contributed by atoms with Gasteiger partial charge in [-0.2, -0.15) is 0 Å². The number of benzene rings is 1. The van der Waals surface area contributed by atoms with Crippen LogP contribution in [-0.2, 0) is 4.79 Å². The lowest BCUT2D eigenvalue weighted by Crippen LogP contribution is -2.46. The van der Waals surface area contributed by atoms with E-state index in [4.69, 9.17) is 0 Å². The molecule has 0 aliphatic carbocycles. The van der Waals surface area contributed by atoms with E-state index in [0.29, 0.717) is 5.56 Å². The fraction of sp³-hybridized carbons (Fsp3) is 0.133. The number of amides is 3. The Kier molecular flexibility index (Phi) is 5.35. The number of hydrogen-bond donors (Lipinski definition) is 3. The quantitative estimate of drug-likeness (QED) is 0.686. The minimum Gasteiger partial charge on any atom is -0.343 e. The Labute approximate surface area is 132 Å². The van der Waals surface area contributed by atoms with Crippen molar-refractivity contribution in [2.75, 3.05) is 6.54 Å². The van der Waals surface area contributed by atoms with E-state index in [1.807, 2.05) is 13.0 Å². The number of hydrazine groups is 1. The van der Waals surface area contributed by atoms with Crippen molar-refractivity contribution in [2.24, 2.45) is 0 Å². The minimum atomic E-state index is -0.600. The molecule has 1 aromatic heterocycles. The molecule has 1 heterocycles. The fourth-order valence-electron chi connectivity index (χ4n) is 1.70. The summed E-state index contributed by atoms with van der Waals surface area (Å²) in [5.74, 6) is -1.54. The van der Waals surface area contributed by atoms with Gasteiger partial charge in [-0.15, -0.1) is 0 Å². The van der Waals surface area contributed by atoms with E-state index in [-0.39, 0.29) is 18.1 Å². The third-order valence-corrected chi connectivity index (χ3v) is 2.80. The van der Waals surface area contributed by atoms with Crippen molar-refractivity contribution >= 4 is 17.7 Å². The molecule has 0 aliphatic heterocycles. The van der Waals surface area contributed by atoms with Crippen molar-refractivity contribution in [2.45, 2.75) is 6.92 Å². The molecular formula is C15H15N5O3. The molecule has 0 atom stereocenters. The van der Waals surface area contributed by atoms with Crippen LogP contribution in [0, 0.1) is 6.92 Å². The highest BCUT2D eigenvalue weighted by atomic mass is 16.2. The van der Waals surface area contributed by atoms with Gasteiger partial charge in [0.2, 0.25) is 0 Å². The monoisotopic (exact) mass is 313 g/mol. The molecule has 118 valence electrons. The predicted octanol–water partition coefficient (Wildman–Crippen LogP) is -0.0240. The number of rotatable bonds is 4. The number of aromatic nitrogens is 2. The second kappa shape index (κ2) is 7.64. The van der Waals surface area contributed by atoms with Crippen LogP contribution in [0.4, 0.5) is 0 Å². The third kappa shape index (κ3) is 4.88. The van der Waals surface area contributed by atoms with Gasteiger partial charge in [-0.1, -0.05) is 17.7 Å². The first kappa shape index (κ1) is 16.1. The van der Waals surface area contributed by atoms with Gasteiger partial charge in [0.15, 0.2) is 0 Å². The summed E-state index contributed by atoms with van der Waals surface area (Å²) in [6.07, 6.45) is 4.05. The van der Waals surface area contributed by atoms with E-state index in [9.17, 15) is 14.4 Å². The molecule has 0 radical (unpaired) electrons. The van der Waals surface area contributed by atoms with E-state index in [2.05, 4.69) is 26.1 Å². The largest absolute Gasteiger partial charge is 0.343 e. The van der Waals surface area contributed by atoms with Gasteiger partial charge >= 0.3 is 0 Å². The Morgan fingerprint density at radius 2 is 1.91 bits per heavy atom. The first-order valence-electron chi connectivity index (χ1n) is 6.76. The number of carbonyl (C=O) groups is 3. The first-order valence-corrected chi connectivity index (χ1v) is 6.76. The van der Waals surface area contributed by atoms with Gasteiger partial charge in [-0.3, -0.25) is 30.2 Å². The Hall–Kier alpha value is -3.29. The van der Waals surface area contributed by atoms with Crippen LogP contribution in [0.3, 0.4) is 0 Å². The van der Waals surface area contributed by atoms with Gasteiger partial charge in [-0.05, 0) is 19.1 Å². The van der Waals surface area contributed by atoms with E-state index in [1.165, 1.54) is 18.6 Å². The molecule has 0 aliphatic rings. The van der Waals surface area contributed by atoms with Crippen molar-refractivity contribution in [1.82, 2.24) is 26.1 Å². The zero-order chi connectivity index (χ0) is 16.7. The number of aryl methyl sites for hydroxylation is 1. The Balaban J connectivity index is 1.77. The summed E-state index contributed by atoms with van der Waals surface area (Å²) < 4.78 is 0. The van der Waals surface area contributed by atoms with Crippen molar-refractivity contribution in [3.05, 3.63) is 59.7 Å². The SMILES string of the molecule is Cc1cccc(C(=O)NCC(=O)NNC(=O)c2cnccn2)c1. The first-order chi connectivity index (χ1) is 11.1. The highest BCUT2D eigenvalue weighted by Gasteiger charge is 2.10. The van der Waals surface area contributed by atoms with E-state index >= 15 is 0 Å². The van der Waals surface area contributed by atoms with Crippen LogP contribution in [0.2, 0.25) is 0 Å². The lowest BCUT2D eigenvalue weighted by molar-refractivity contribution is -0.120. The molecule has 8 heteroatoms. The van der Waals surface area contributed by atoms with Crippen LogP contribution in [0.5, 0.6) is 0 Å². The fourth-order valence-corrected chi connectivity index (χ4v) is 1.70. The van der Waals surface area contributed by atoms with Crippen molar-refractivity contribution in [3.8, 4) is 0 Å². The minimum absolute atomic E-state index is 0.0663. The van der Waals surface area contributed by atoms with E-state index in [1.54, 1.807) is 18.2 Å². The zero-order valence-corrected chi connectivity index (χ0v) is 12.4. The maximum Gasteiger partial charge on any atom is 0.289 e. The lowest BCUT2D eigenvalue weighted by Gasteiger charge is -2.08. The van der Waals surface area contributed by atoms with Gasteiger partial charge in [-0.25, -0.2) is 4.98 Å². The molecule has 3 N–H and O–H groups in total. The van der Waals surface area contributed by atoms with Crippen LogP contribution < -0.4 is 16.2 Å².